The summed E-state index contributed by atoms with van der Waals surface area (Å²) in [5, 5.41) is 8.88. The predicted molar refractivity (Wildman–Crippen MR) is 105 cm³/mol. The first-order valence-electron chi connectivity index (χ1n) is 9.39. The molecule has 0 fully saturated rings. The zero-order valence-electron chi connectivity index (χ0n) is 17.1. The Hall–Kier alpha value is -2.66. The van der Waals surface area contributed by atoms with E-state index in [1.165, 1.54) is 6.92 Å². The highest BCUT2D eigenvalue weighted by molar-refractivity contribution is 6.32. The standard InChI is InChI=1S/C21H19ClF6O5/c1-13(29)33-12-14-3-6-16(7-4-14)31-9-2-10-32-18-8-5-15(11-17(18)22)19(30,20(23,24)25)21(26,27)28/h3-8,11,30H,2,9-10,12H2,1H3. The Morgan fingerprint density at radius 3 is 2.03 bits per heavy atom. The molecule has 182 valence electrons. The van der Waals surface area contributed by atoms with Gasteiger partial charge >= 0.3 is 18.3 Å². The summed E-state index contributed by atoms with van der Waals surface area (Å²) < 4.78 is 93.4. The molecular formula is C21H19ClF6O5. The van der Waals surface area contributed by atoms with Crippen molar-refractivity contribution in [2.45, 2.75) is 37.9 Å². The molecule has 0 atom stereocenters. The highest BCUT2D eigenvalue weighted by Crippen LogP contribution is 2.50. The molecule has 0 aromatic heterocycles. The summed E-state index contributed by atoms with van der Waals surface area (Å²) in [5.74, 6) is -0.0223. The summed E-state index contributed by atoms with van der Waals surface area (Å²) >= 11 is 5.77. The van der Waals surface area contributed by atoms with Gasteiger partial charge in [-0.2, -0.15) is 26.3 Å². The van der Waals surface area contributed by atoms with Crippen LogP contribution in [-0.2, 0) is 21.7 Å². The van der Waals surface area contributed by atoms with E-state index in [0.29, 0.717) is 24.3 Å². The Balaban J connectivity index is 1.89. The molecule has 0 saturated heterocycles. The number of carbonyl (C=O) groups is 1. The molecular weight excluding hydrogens is 482 g/mol. The number of hydrogen-bond donors (Lipinski definition) is 1. The zero-order chi connectivity index (χ0) is 24.9. The van der Waals surface area contributed by atoms with Crippen LogP contribution in [0, 0.1) is 0 Å². The van der Waals surface area contributed by atoms with Crippen LogP contribution in [0.15, 0.2) is 42.5 Å². The smallest absolute Gasteiger partial charge is 0.430 e. The molecule has 5 nitrogen and oxygen atoms in total. The fourth-order valence-electron chi connectivity index (χ4n) is 2.63. The Labute approximate surface area is 189 Å². The number of carbonyl (C=O) groups excluding carboxylic acids is 1. The van der Waals surface area contributed by atoms with E-state index in [2.05, 4.69) is 0 Å². The summed E-state index contributed by atoms with van der Waals surface area (Å²) in [4.78, 5) is 10.8. The Kier molecular flexibility index (Phi) is 8.47. The van der Waals surface area contributed by atoms with Crippen LogP contribution in [0.4, 0.5) is 26.3 Å². The first-order valence-corrected chi connectivity index (χ1v) is 9.77. The van der Waals surface area contributed by atoms with Gasteiger partial charge in [0.25, 0.3) is 5.60 Å². The maximum Gasteiger partial charge on any atom is 0.430 e. The van der Waals surface area contributed by atoms with Crippen molar-refractivity contribution in [1.29, 1.82) is 0 Å². The lowest BCUT2D eigenvalue weighted by Gasteiger charge is -2.32. The van der Waals surface area contributed by atoms with Gasteiger partial charge < -0.3 is 19.3 Å². The van der Waals surface area contributed by atoms with E-state index in [1.807, 2.05) is 0 Å². The highest BCUT2D eigenvalue weighted by atomic mass is 35.5. The number of esters is 1. The van der Waals surface area contributed by atoms with Crippen molar-refractivity contribution in [3.63, 3.8) is 0 Å². The summed E-state index contributed by atoms with van der Waals surface area (Å²) in [6.07, 6.45) is -11.7. The third-order valence-electron chi connectivity index (χ3n) is 4.35. The molecule has 0 spiro atoms. The van der Waals surface area contributed by atoms with Crippen molar-refractivity contribution in [1.82, 2.24) is 0 Å². The van der Waals surface area contributed by atoms with Crippen LogP contribution >= 0.6 is 11.6 Å². The number of aliphatic hydroxyl groups is 1. The fraction of sp³-hybridized carbons (Fsp3) is 0.381. The van der Waals surface area contributed by atoms with Gasteiger partial charge in [-0.1, -0.05) is 29.8 Å². The molecule has 2 rings (SSSR count). The molecule has 2 aromatic carbocycles. The van der Waals surface area contributed by atoms with Gasteiger partial charge in [0.2, 0.25) is 0 Å². The van der Waals surface area contributed by atoms with Gasteiger partial charge in [-0.3, -0.25) is 4.79 Å². The number of hydrogen-bond acceptors (Lipinski definition) is 5. The lowest BCUT2D eigenvalue weighted by molar-refractivity contribution is -0.376. The van der Waals surface area contributed by atoms with Crippen LogP contribution in [0.2, 0.25) is 5.02 Å². The first kappa shape index (κ1) is 26.6. The SMILES string of the molecule is CC(=O)OCc1ccc(OCCCOc2ccc(C(O)(C(F)(F)F)C(F)(F)F)cc2Cl)cc1. The van der Waals surface area contributed by atoms with Gasteiger partial charge in [-0.25, -0.2) is 0 Å². The number of halogens is 7. The van der Waals surface area contributed by atoms with E-state index in [4.69, 9.17) is 25.8 Å². The van der Waals surface area contributed by atoms with Gasteiger partial charge in [0.05, 0.1) is 18.2 Å². The Morgan fingerprint density at radius 2 is 1.52 bits per heavy atom. The van der Waals surface area contributed by atoms with Gasteiger partial charge in [-0.05, 0) is 29.8 Å². The van der Waals surface area contributed by atoms with Crippen molar-refractivity contribution in [2.24, 2.45) is 0 Å². The second-order valence-corrected chi connectivity index (χ2v) is 7.23. The average molecular weight is 501 g/mol. The maximum atomic E-state index is 13.0. The fourth-order valence-corrected chi connectivity index (χ4v) is 2.86. The third-order valence-corrected chi connectivity index (χ3v) is 4.65. The van der Waals surface area contributed by atoms with E-state index in [0.717, 1.165) is 11.6 Å². The normalized spacial score (nSPS) is 12.4. The van der Waals surface area contributed by atoms with Crippen LogP contribution in [0.1, 0.15) is 24.5 Å². The zero-order valence-corrected chi connectivity index (χ0v) is 17.9. The third kappa shape index (κ3) is 6.67. The number of ether oxygens (including phenoxy) is 3. The number of rotatable bonds is 9. The van der Waals surface area contributed by atoms with Gasteiger partial charge in [0.15, 0.2) is 0 Å². The predicted octanol–water partition coefficient (Wildman–Crippen LogP) is 5.56. The summed E-state index contributed by atoms with van der Waals surface area (Å²) in [6.45, 7) is 1.63. The van der Waals surface area contributed by atoms with Gasteiger partial charge in [-0.15, -0.1) is 0 Å². The summed E-state index contributed by atoms with van der Waals surface area (Å²) in [6, 6.07) is 8.39. The van der Waals surface area contributed by atoms with Crippen LogP contribution in [-0.4, -0.2) is 36.6 Å². The van der Waals surface area contributed by atoms with E-state index in [9.17, 15) is 36.2 Å². The van der Waals surface area contributed by atoms with E-state index in [-0.39, 0.29) is 25.6 Å². The average Bonchev–Trinajstić information content (AvgIpc) is 2.71. The van der Waals surface area contributed by atoms with Crippen molar-refractivity contribution in [3.05, 3.63) is 58.6 Å². The molecule has 0 amide bonds. The van der Waals surface area contributed by atoms with Gasteiger partial charge in [0.1, 0.15) is 18.1 Å². The van der Waals surface area contributed by atoms with E-state index in [1.54, 1.807) is 24.3 Å². The molecule has 0 bridgehead atoms. The van der Waals surface area contributed by atoms with E-state index >= 15 is 0 Å². The molecule has 0 unspecified atom stereocenters. The second-order valence-electron chi connectivity index (χ2n) is 6.83. The minimum atomic E-state index is -6.01. The monoisotopic (exact) mass is 500 g/mol. The molecule has 0 saturated carbocycles. The molecule has 0 aliphatic heterocycles. The molecule has 1 N–H and O–H groups in total. The Bertz CT molecular complexity index is 930. The highest BCUT2D eigenvalue weighted by Gasteiger charge is 2.71. The van der Waals surface area contributed by atoms with E-state index < -0.39 is 34.5 Å². The van der Waals surface area contributed by atoms with Crippen LogP contribution in [0.5, 0.6) is 11.5 Å². The van der Waals surface area contributed by atoms with Gasteiger partial charge in [0, 0.05) is 18.9 Å². The molecule has 0 heterocycles. The molecule has 12 heteroatoms. The van der Waals surface area contributed by atoms with Crippen molar-refractivity contribution in [2.75, 3.05) is 13.2 Å². The first-order chi connectivity index (χ1) is 15.3. The quantitative estimate of drug-likeness (QED) is 0.277. The number of alkyl halides is 6. The second kappa shape index (κ2) is 10.5. The summed E-state index contributed by atoms with van der Waals surface area (Å²) in [7, 11) is 0. The van der Waals surface area contributed by atoms with Crippen molar-refractivity contribution in [3.8, 4) is 11.5 Å². The van der Waals surface area contributed by atoms with Crippen LogP contribution in [0.3, 0.4) is 0 Å². The molecule has 0 radical (unpaired) electrons. The van der Waals surface area contributed by atoms with Crippen LogP contribution < -0.4 is 9.47 Å². The molecule has 0 aliphatic rings. The summed E-state index contributed by atoms with van der Waals surface area (Å²) in [5.41, 5.74) is -5.77. The van der Waals surface area contributed by atoms with Crippen molar-refractivity contribution >= 4 is 17.6 Å². The maximum absolute atomic E-state index is 13.0. The largest absolute Gasteiger partial charge is 0.493 e. The lowest BCUT2D eigenvalue weighted by Crippen LogP contribution is -2.53. The molecule has 0 aliphatic carbocycles. The lowest BCUT2D eigenvalue weighted by atomic mass is 9.92. The molecule has 33 heavy (non-hydrogen) atoms. The minimum Gasteiger partial charge on any atom is -0.493 e. The van der Waals surface area contributed by atoms with Crippen LogP contribution in [0.25, 0.3) is 0 Å². The topological polar surface area (TPSA) is 65.0 Å². The van der Waals surface area contributed by atoms with Crippen molar-refractivity contribution < 1.29 is 50.5 Å². The number of benzene rings is 2. The minimum absolute atomic E-state index is 0.00636. The molecule has 2 aromatic rings. The Morgan fingerprint density at radius 1 is 0.939 bits per heavy atom.